The number of benzene rings is 6. The molecule has 6 rings (SSSR count). The Labute approximate surface area is 460 Å². The average Bonchev–Trinajstić information content (AvgIpc) is 3.36. The first-order chi connectivity index (χ1) is 35.5. The summed E-state index contributed by atoms with van der Waals surface area (Å²) in [6.07, 6.45) is 0.00503. The van der Waals surface area contributed by atoms with Gasteiger partial charge in [0, 0.05) is 34.1 Å². The van der Waals surface area contributed by atoms with Gasteiger partial charge in [-0.15, -0.1) is 35.0 Å². The van der Waals surface area contributed by atoms with Crippen LogP contribution in [0.25, 0.3) is 0 Å². The maximum Gasteiger partial charge on any atom is 0.397 e. The summed E-state index contributed by atoms with van der Waals surface area (Å²) in [5.41, 5.74) is -1.51. The van der Waals surface area contributed by atoms with Crippen LogP contribution in [0.4, 0.5) is 45.5 Å². The minimum Gasteiger partial charge on any atom is -0.505 e. The first-order valence-electron chi connectivity index (χ1n) is 20.6. The largest absolute Gasteiger partial charge is 0.505 e. The summed E-state index contributed by atoms with van der Waals surface area (Å²) >= 11 is 0.221. The van der Waals surface area contributed by atoms with Gasteiger partial charge in [-0.2, -0.15) is 18.6 Å². The Balaban J connectivity index is 0.00000640. The summed E-state index contributed by atoms with van der Waals surface area (Å²) in [4.78, 5) is 24.4. The second kappa shape index (κ2) is 27.8. The van der Waals surface area contributed by atoms with Gasteiger partial charge in [-0.3, -0.25) is 8.74 Å². The maximum atomic E-state index is 12.6. The topological polar surface area (TPSA) is 434 Å². The molecule has 77 heavy (non-hydrogen) atoms. The van der Waals surface area contributed by atoms with E-state index in [9.17, 15) is 65.5 Å². The molecular weight excluding hydrogens is 1200 g/mol. The fourth-order valence-corrected chi connectivity index (χ4v) is 9.08. The van der Waals surface area contributed by atoms with E-state index in [0.29, 0.717) is 11.1 Å². The number of carbonyl (C=O) groups is 2. The summed E-state index contributed by atoms with van der Waals surface area (Å²) in [6.45, 7) is -1.15. The third-order valence-corrected chi connectivity index (χ3v) is 14.0. The van der Waals surface area contributed by atoms with Crippen LogP contribution in [0.1, 0.15) is 31.8 Å². The zero-order valence-electron chi connectivity index (χ0n) is 38.2. The zero-order valence-corrected chi connectivity index (χ0v) is 43.4. The molecule has 0 aromatic heterocycles. The van der Waals surface area contributed by atoms with E-state index in [2.05, 4.69) is 54.5 Å². The van der Waals surface area contributed by atoms with Gasteiger partial charge < -0.3 is 30.6 Å². The number of hydrogen-bond acceptors (Lipinski definition) is 26. The molecule has 0 atom stereocenters. The van der Waals surface area contributed by atoms with Crippen molar-refractivity contribution in [3.8, 4) is 23.0 Å². The molecule has 0 fully saturated rings. The van der Waals surface area contributed by atoms with Crippen LogP contribution in [0.5, 0.6) is 23.0 Å². The van der Waals surface area contributed by atoms with Crippen LogP contribution in [0, 0.1) is 0 Å². The molecule has 2 radical (unpaired) electrons. The fourth-order valence-electron chi connectivity index (χ4n) is 6.18. The number of rotatable bonds is 24. The predicted octanol–water partition coefficient (Wildman–Crippen LogP) is 9.52. The monoisotopic (exact) mass is 1240 g/mol. The van der Waals surface area contributed by atoms with E-state index < -0.39 is 94.5 Å². The Bertz CT molecular complexity index is 3600. The quantitative estimate of drug-likeness (QED) is 0.00531. The van der Waals surface area contributed by atoms with Gasteiger partial charge in [0.2, 0.25) is 0 Å². The number of hydrogen-bond donors (Lipinski definition) is 8. The molecule has 0 aliphatic heterocycles. The molecule has 0 spiro atoms. The van der Waals surface area contributed by atoms with Crippen LogP contribution in [0.2, 0.25) is 0 Å². The van der Waals surface area contributed by atoms with Gasteiger partial charge in [0.25, 0.3) is 0 Å². The molecule has 0 saturated carbocycles. The van der Waals surface area contributed by atoms with Crippen molar-refractivity contribution in [2.45, 2.75) is 16.2 Å². The molecule has 0 aliphatic rings. The second-order valence-corrected chi connectivity index (χ2v) is 20.6. The van der Waals surface area contributed by atoms with Crippen LogP contribution < -0.4 is 0 Å². The molecular formula is C43H36Cu2N8O20S4. The van der Waals surface area contributed by atoms with Gasteiger partial charge in [-0.05, 0) is 115 Å². The number of aromatic carboxylic acids is 2. The summed E-state index contributed by atoms with van der Waals surface area (Å²) in [5.74, 6) is -6.56. The van der Waals surface area contributed by atoms with Crippen LogP contribution >= 0.6 is 12.3 Å². The number of azo groups is 4. The SMILES string of the molecule is O=C(O)c1cc(Cc2ccc(N=Nc3ccc(O)c(N=Nc4ccc(S(=O)(=O)CCOS(=O)(=O)O)cc4)c3O)c(C(=O)O)c2)ccc1N=Nc1ccc(O)c(N=Nc2ccc(S(=O)(=O)CCOSOOO)cc2)c1O.[Cu].[Cu]. The first kappa shape index (κ1) is 62.4. The van der Waals surface area contributed by atoms with Crippen molar-refractivity contribution in [1.29, 1.82) is 0 Å². The summed E-state index contributed by atoms with van der Waals surface area (Å²) in [5, 5.41) is 105. The van der Waals surface area contributed by atoms with E-state index in [0.717, 1.165) is 30.3 Å². The smallest absolute Gasteiger partial charge is 0.397 e. The van der Waals surface area contributed by atoms with Crippen LogP contribution in [-0.4, -0.2) is 102 Å². The van der Waals surface area contributed by atoms with Crippen molar-refractivity contribution in [2.24, 2.45) is 40.9 Å². The fraction of sp³-hybridized carbons (Fsp3) is 0.116. The standard InChI is InChI=1S/C43H36N8O20S4.2Cu/c52-36-15-13-34(40(54)38(36)50-44-26-3-7-28(8-4-26)73(61,62)19-17-68-72-71-70-60)48-46-32-11-1-24(22-30(32)42(56)57)21-25-2-12-33(31(23-25)43(58)59)47-49-35-14-16-37(53)39(41(35)55)51-45-27-5-9-29(10-6-27)74(63,64)20-18-69-75(65,66)67;;/h1-16,22-23,52-55,60H,17-21H2,(H,56,57)(H,58,59)(H,65,66,67);;. The molecule has 414 valence electrons. The normalized spacial score (nSPS) is 12.1. The van der Waals surface area contributed by atoms with E-state index in [4.69, 9.17) is 14.0 Å². The Hall–Kier alpha value is -7.14. The predicted molar refractivity (Wildman–Crippen MR) is 259 cm³/mol. The van der Waals surface area contributed by atoms with Crippen LogP contribution in [-0.2, 0) is 88.4 Å². The molecule has 0 heterocycles. The van der Waals surface area contributed by atoms with Crippen molar-refractivity contribution >= 4 is 99.8 Å². The number of phenolic OH excluding ortho intramolecular Hbond substituents is 4. The molecule has 0 saturated heterocycles. The van der Waals surface area contributed by atoms with Gasteiger partial charge in [0.05, 0.1) is 57.0 Å². The van der Waals surface area contributed by atoms with Crippen molar-refractivity contribution in [3.05, 3.63) is 131 Å². The van der Waals surface area contributed by atoms with E-state index in [1.807, 2.05) is 0 Å². The molecule has 6 aromatic rings. The Morgan fingerprint density at radius 3 is 1.29 bits per heavy atom. The molecule has 0 amide bonds. The Kier molecular flexibility index (Phi) is 22.5. The number of carboxylic acid groups (broad SMARTS) is 2. The molecule has 6 aromatic carbocycles. The van der Waals surface area contributed by atoms with E-state index in [-0.39, 0.29) is 115 Å². The zero-order chi connectivity index (χ0) is 54.5. The number of aromatic hydroxyl groups is 4. The molecule has 0 bridgehead atoms. The number of carboxylic acids is 2. The van der Waals surface area contributed by atoms with E-state index in [1.165, 1.54) is 78.9 Å². The van der Waals surface area contributed by atoms with Gasteiger partial charge in [-0.25, -0.2) is 35.9 Å². The molecule has 34 heteroatoms. The number of sulfone groups is 2. The van der Waals surface area contributed by atoms with Gasteiger partial charge in [0.15, 0.2) is 54.9 Å². The minimum atomic E-state index is -4.85. The van der Waals surface area contributed by atoms with Gasteiger partial charge in [0.1, 0.15) is 34.2 Å². The Morgan fingerprint density at radius 2 is 0.896 bits per heavy atom. The molecule has 0 aliphatic carbocycles. The van der Waals surface area contributed by atoms with Gasteiger partial charge >= 0.3 is 22.3 Å². The van der Waals surface area contributed by atoms with Crippen molar-refractivity contribution in [2.75, 3.05) is 24.7 Å². The number of phenols is 4. The average molecular weight is 1240 g/mol. The molecule has 0 unspecified atom stereocenters. The third kappa shape index (κ3) is 17.4. The van der Waals surface area contributed by atoms with E-state index >= 15 is 0 Å². The summed E-state index contributed by atoms with van der Waals surface area (Å²) in [7, 11) is -12.7. The van der Waals surface area contributed by atoms with Crippen molar-refractivity contribution < 1.29 is 127 Å². The van der Waals surface area contributed by atoms with Crippen molar-refractivity contribution in [3.63, 3.8) is 0 Å². The maximum absolute atomic E-state index is 12.6. The molecule has 28 nitrogen and oxygen atoms in total. The van der Waals surface area contributed by atoms with E-state index in [1.54, 1.807) is 0 Å². The van der Waals surface area contributed by atoms with Crippen molar-refractivity contribution in [1.82, 2.24) is 0 Å². The van der Waals surface area contributed by atoms with Crippen LogP contribution in [0.15, 0.2) is 160 Å². The second-order valence-electron chi connectivity index (χ2n) is 14.8. The molecule has 8 N–H and O–H groups in total. The Morgan fingerprint density at radius 1 is 0.506 bits per heavy atom. The summed E-state index contributed by atoms with van der Waals surface area (Å²) < 4.78 is 92.9. The van der Waals surface area contributed by atoms with Gasteiger partial charge in [-0.1, -0.05) is 17.2 Å². The first-order valence-corrected chi connectivity index (χ1v) is 25.9. The van der Waals surface area contributed by atoms with Crippen LogP contribution in [0.3, 0.4) is 0 Å². The minimum absolute atomic E-state index is 0. The third-order valence-electron chi connectivity index (χ3n) is 9.79. The summed E-state index contributed by atoms with van der Waals surface area (Å²) in [6, 6.07) is 22.4. The number of nitrogens with zero attached hydrogens (tertiary/aromatic N) is 8.